The molecule has 0 unspecified atom stereocenters. The highest BCUT2D eigenvalue weighted by Crippen LogP contribution is 2.36. The first-order valence-electron chi connectivity index (χ1n) is 6.24. The van der Waals surface area contributed by atoms with E-state index in [1.807, 2.05) is 24.3 Å². The summed E-state index contributed by atoms with van der Waals surface area (Å²) in [7, 11) is 0. The summed E-state index contributed by atoms with van der Waals surface area (Å²) in [6.45, 7) is 0. The van der Waals surface area contributed by atoms with E-state index >= 15 is 0 Å². The van der Waals surface area contributed by atoms with E-state index in [2.05, 4.69) is 21.1 Å². The van der Waals surface area contributed by atoms with E-state index in [9.17, 15) is 0 Å². The molecule has 1 aromatic carbocycles. The van der Waals surface area contributed by atoms with Crippen LogP contribution in [0.1, 0.15) is 25.0 Å². The van der Waals surface area contributed by atoms with E-state index in [-0.39, 0.29) is 0 Å². The Bertz CT molecular complexity index is 561. The zero-order valence-corrected chi connectivity index (χ0v) is 11.6. The molecule has 0 saturated heterocycles. The van der Waals surface area contributed by atoms with E-state index in [0.717, 1.165) is 33.6 Å². The lowest BCUT2D eigenvalue weighted by atomic mass is 9.81. The molecule has 1 fully saturated rings. The number of aromatic nitrogens is 1. The highest BCUT2D eigenvalue weighted by atomic mass is 79.9. The van der Waals surface area contributed by atoms with Crippen molar-refractivity contribution in [1.29, 1.82) is 0 Å². The molecule has 2 N–H and O–H groups in total. The van der Waals surface area contributed by atoms with Gasteiger partial charge in [0.2, 0.25) is 5.88 Å². The van der Waals surface area contributed by atoms with Crippen LogP contribution in [0.2, 0.25) is 0 Å². The van der Waals surface area contributed by atoms with Crippen molar-refractivity contribution in [3.05, 3.63) is 34.4 Å². The van der Waals surface area contributed by atoms with Gasteiger partial charge in [0.05, 0.1) is 11.3 Å². The predicted octanol–water partition coefficient (Wildman–Crippen LogP) is 4.03. The molecule has 94 valence electrons. The first-order valence-corrected chi connectivity index (χ1v) is 7.03. The molecule has 3 rings (SSSR count). The average Bonchev–Trinajstić information content (AvgIpc) is 2.65. The maximum absolute atomic E-state index is 5.91. The third-order valence-corrected chi connectivity index (χ3v) is 4.10. The van der Waals surface area contributed by atoms with Crippen molar-refractivity contribution in [2.45, 2.75) is 25.7 Å². The Hall–Kier alpha value is -1.29. The molecule has 3 nitrogen and oxygen atoms in total. The molecule has 0 atom stereocenters. The average molecular weight is 307 g/mol. The normalized spacial score (nSPS) is 15.6. The summed E-state index contributed by atoms with van der Waals surface area (Å²) in [5.41, 5.74) is 8.94. The van der Waals surface area contributed by atoms with Gasteiger partial charge in [-0.3, -0.25) is 0 Å². The summed E-state index contributed by atoms with van der Waals surface area (Å²) in [6, 6.07) is 8.09. The van der Waals surface area contributed by atoms with Crippen LogP contribution in [0.4, 0.5) is 5.88 Å². The Morgan fingerprint density at radius 1 is 1.39 bits per heavy atom. The second-order valence-electron chi connectivity index (χ2n) is 4.88. The SMILES string of the molecule is Nc1onc(CC2CCC2)c1-c1cccc(Br)c1. The number of nitrogens with zero attached hydrogens (tertiary/aromatic N) is 1. The third-order valence-electron chi connectivity index (χ3n) is 3.61. The topological polar surface area (TPSA) is 52.0 Å². The van der Waals surface area contributed by atoms with Crippen LogP contribution >= 0.6 is 15.9 Å². The van der Waals surface area contributed by atoms with Gasteiger partial charge < -0.3 is 10.3 Å². The molecule has 2 aromatic rings. The summed E-state index contributed by atoms with van der Waals surface area (Å²) < 4.78 is 6.21. The van der Waals surface area contributed by atoms with Crippen LogP contribution in [0.3, 0.4) is 0 Å². The monoisotopic (exact) mass is 306 g/mol. The molecule has 0 radical (unpaired) electrons. The lowest BCUT2D eigenvalue weighted by Gasteiger charge is -2.24. The number of anilines is 1. The Morgan fingerprint density at radius 2 is 2.22 bits per heavy atom. The van der Waals surface area contributed by atoms with E-state index in [0.29, 0.717) is 5.88 Å². The molecule has 18 heavy (non-hydrogen) atoms. The van der Waals surface area contributed by atoms with Crippen LogP contribution in [0.5, 0.6) is 0 Å². The van der Waals surface area contributed by atoms with Gasteiger partial charge in [0, 0.05) is 4.47 Å². The van der Waals surface area contributed by atoms with Crippen LogP contribution in [-0.4, -0.2) is 5.16 Å². The van der Waals surface area contributed by atoms with Gasteiger partial charge in [-0.05, 0) is 30.0 Å². The Morgan fingerprint density at radius 3 is 2.89 bits per heavy atom. The molecule has 1 aromatic heterocycles. The summed E-state index contributed by atoms with van der Waals surface area (Å²) in [4.78, 5) is 0. The maximum atomic E-state index is 5.91. The third kappa shape index (κ3) is 2.17. The van der Waals surface area contributed by atoms with E-state index in [4.69, 9.17) is 10.3 Å². The molecule has 1 aliphatic rings. The van der Waals surface area contributed by atoms with Crippen LogP contribution in [0.25, 0.3) is 11.1 Å². The van der Waals surface area contributed by atoms with E-state index in [1.165, 1.54) is 19.3 Å². The standard InChI is InChI=1S/C14H15BrN2O/c15-11-6-2-5-10(8-11)13-12(17-18-14(13)16)7-9-3-1-4-9/h2,5-6,8-9H,1,3-4,7,16H2. The molecule has 0 amide bonds. The van der Waals surface area contributed by atoms with Crippen LogP contribution in [0.15, 0.2) is 33.3 Å². The summed E-state index contributed by atoms with van der Waals surface area (Å²) in [6.07, 6.45) is 4.90. The van der Waals surface area contributed by atoms with Gasteiger partial charge in [-0.1, -0.05) is 52.5 Å². The van der Waals surface area contributed by atoms with Crippen molar-refractivity contribution in [1.82, 2.24) is 5.16 Å². The molecule has 4 heteroatoms. The number of nitrogens with two attached hydrogens (primary N) is 1. The van der Waals surface area contributed by atoms with E-state index in [1.54, 1.807) is 0 Å². The minimum atomic E-state index is 0.419. The number of halogens is 1. The van der Waals surface area contributed by atoms with Gasteiger partial charge >= 0.3 is 0 Å². The lowest BCUT2D eigenvalue weighted by Crippen LogP contribution is -2.14. The number of rotatable bonds is 3. The number of hydrogen-bond donors (Lipinski definition) is 1. The second-order valence-corrected chi connectivity index (χ2v) is 5.80. The van der Waals surface area contributed by atoms with Crippen LogP contribution in [0, 0.1) is 5.92 Å². The lowest BCUT2D eigenvalue weighted by molar-refractivity contribution is 0.306. The second kappa shape index (κ2) is 4.76. The maximum Gasteiger partial charge on any atom is 0.230 e. The van der Waals surface area contributed by atoms with Gasteiger partial charge in [0.25, 0.3) is 0 Å². The van der Waals surface area contributed by atoms with Gasteiger partial charge in [-0.15, -0.1) is 0 Å². The minimum absolute atomic E-state index is 0.419. The molecule has 0 bridgehead atoms. The van der Waals surface area contributed by atoms with Crippen LogP contribution in [-0.2, 0) is 6.42 Å². The molecule has 0 spiro atoms. The first kappa shape index (κ1) is 11.8. The van der Waals surface area contributed by atoms with Crippen molar-refractivity contribution in [3.63, 3.8) is 0 Å². The molecular formula is C14H15BrN2O. The Kier molecular flexibility index (Phi) is 3.12. The van der Waals surface area contributed by atoms with Gasteiger partial charge in [0.1, 0.15) is 0 Å². The molecule has 1 aliphatic carbocycles. The van der Waals surface area contributed by atoms with Crippen molar-refractivity contribution >= 4 is 21.8 Å². The predicted molar refractivity (Wildman–Crippen MR) is 75.1 cm³/mol. The number of nitrogen functional groups attached to an aromatic ring is 1. The zero-order chi connectivity index (χ0) is 12.5. The fraction of sp³-hybridized carbons (Fsp3) is 0.357. The van der Waals surface area contributed by atoms with Gasteiger partial charge in [-0.2, -0.15) is 0 Å². The van der Waals surface area contributed by atoms with Gasteiger partial charge in [-0.25, -0.2) is 0 Å². The smallest absolute Gasteiger partial charge is 0.230 e. The fourth-order valence-corrected chi connectivity index (χ4v) is 2.80. The molecule has 1 heterocycles. The van der Waals surface area contributed by atoms with Crippen molar-refractivity contribution < 1.29 is 4.52 Å². The first-order chi connectivity index (χ1) is 8.74. The number of benzene rings is 1. The molecule has 1 saturated carbocycles. The van der Waals surface area contributed by atoms with Crippen molar-refractivity contribution in [2.24, 2.45) is 5.92 Å². The van der Waals surface area contributed by atoms with Gasteiger partial charge in [0.15, 0.2) is 0 Å². The van der Waals surface area contributed by atoms with Crippen LogP contribution < -0.4 is 5.73 Å². The Labute approximate surface area is 114 Å². The fourth-order valence-electron chi connectivity index (χ4n) is 2.40. The Balaban J connectivity index is 1.96. The van der Waals surface area contributed by atoms with Crippen molar-refractivity contribution in [2.75, 3.05) is 5.73 Å². The van der Waals surface area contributed by atoms with E-state index < -0.39 is 0 Å². The highest BCUT2D eigenvalue weighted by Gasteiger charge is 2.23. The highest BCUT2D eigenvalue weighted by molar-refractivity contribution is 9.10. The molecule has 0 aliphatic heterocycles. The summed E-state index contributed by atoms with van der Waals surface area (Å²) in [5.74, 6) is 1.17. The largest absolute Gasteiger partial charge is 0.367 e. The minimum Gasteiger partial charge on any atom is -0.367 e. The summed E-state index contributed by atoms with van der Waals surface area (Å²) in [5, 5.41) is 4.13. The van der Waals surface area contributed by atoms with Crippen molar-refractivity contribution in [3.8, 4) is 11.1 Å². The zero-order valence-electron chi connectivity index (χ0n) is 10.0. The quantitative estimate of drug-likeness (QED) is 0.931. The summed E-state index contributed by atoms with van der Waals surface area (Å²) >= 11 is 3.48. The molecular weight excluding hydrogens is 292 g/mol. The number of hydrogen-bond acceptors (Lipinski definition) is 3.